The predicted molar refractivity (Wildman–Crippen MR) is 80.4 cm³/mol. The third-order valence-electron chi connectivity index (χ3n) is 2.40. The summed E-state index contributed by atoms with van der Waals surface area (Å²) in [7, 11) is 2.12. The van der Waals surface area contributed by atoms with Crippen LogP contribution >= 0.6 is 23.1 Å². The lowest BCUT2D eigenvalue weighted by atomic mass is 10.4. The molecule has 0 aliphatic carbocycles. The quantitative estimate of drug-likeness (QED) is 0.737. The Morgan fingerprint density at radius 3 is 2.94 bits per heavy atom. The van der Waals surface area contributed by atoms with E-state index in [1.54, 1.807) is 11.3 Å². The number of thiazole rings is 1. The van der Waals surface area contributed by atoms with Gasteiger partial charge < -0.3 is 10.2 Å². The Morgan fingerprint density at radius 1 is 1.53 bits per heavy atom. The average Bonchev–Trinajstić information content (AvgIpc) is 2.75. The fourth-order valence-electron chi connectivity index (χ4n) is 1.40. The normalized spacial score (nSPS) is 11.1. The van der Waals surface area contributed by atoms with Gasteiger partial charge in [-0.05, 0) is 18.4 Å². The number of thioether (sulfide) groups is 1. The zero-order valence-electron chi connectivity index (χ0n) is 11.2. The number of anilines is 1. The summed E-state index contributed by atoms with van der Waals surface area (Å²) < 4.78 is 0. The Bertz CT molecular complexity index is 312. The van der Waals surface area contributed by atoms with Crippen LogP contribution in [0.25, 0.3) is 0 Å². The maximum Gasteiger partial charge on any atom is 0.185 e. The summed E-state index contributed by atoms with van der Waals surface area (Å²) in [4.78, 5) is 6.89. The van der Waals surface area contributed by atoms with Gasteiger partial charge in [-0.3, -0.25) is 0 Å². The Labute approximate surface area is 113 Å². The van der Waals surface area contributed by atoms with Crippen molar-refractivity contribution in [2.24, 2.45) is 0 Å². The van der Waals surface area contributed by atoms with Crippen molar-refractivity contribution in [1.82, 2.24) is 10.3 Å². The summed E-state index contributed by atoms with van der Waals surface area (Å²) in [6.07, 6.45) is 3.37. The minimum absolute atomic E-state index is 0.513. The van der Waals surface area contributed by atoms with Crippen LogP contribution in [0.3, 0.4) is 0 Å². The molecule has 0 saturated heterocycles. The van der Waals surface area contributed by atoms with E-state index in [0.29, 0.717) is 6.04 Å². The van der Waals surface area contributed by atoms with Gasteiger partial charge in [0.15, 0.2) is 5.13 Å². The summed E-state index contributed by atoms with van der Waals surface area (Å²) >= 11 is 3.64. The molecule has 0 unspecified atom stereocenters. The van der Waals surface area contributed by atoms with Gasteiger partial charge in [0.2, 0.25) is 0 Å². The molecule has 1 N–H and O–H groups in total. The number of nitrogens with zero attached hydrogens (tertiary/aromatic N) is 2. The fourth-order valence-corrected chi connectivity index (χ4v) is 2.64. The van der Waals surface area contributed by atoms with Crippen LogP contribution < -0.4 is 10.2 Å². The highest BCUT2D eigenvalue weighted by Gasteiger charge is 2.06. The van der Waals surface area contributed by atoms with Crippen LogP contribution in [0.4, 0.5) is 5.13 Å². The number of hydrogen-bond donors (Lipinski definition) is 1. The summed E-state index contributed by atoms with van der Waals surface area (Å²) in [6.45, 7) is 6.27. The fraction of sp³-hybridized carbons (Fsp3) is 0.750. The van der Waals surface area contributed by atoms with Crippen LogP contribution in [-0.2, 0) is 6.54 Å². The topological polar surface area (TPSA) is 28.2 Å². The molecule has 0 amide bonds. The monoisotopic (exact) mass is 273 g/mol. The van der Waals surface area contributed by atoms with E-state index in [1.165, 1.54) is 12.2 Å². The van der Waals surface area contributed by atoms with E-state index in [-0.39, 0.29) is 0 Å². The number of nitrogens with one attached hydrogen (secondary N) is 1. The van der Waals surface area contributed by atoms with Gasteiger partial charge in [0.1, 0.15) is 0 Å². The first kappa shape index (κ1) is 14.8. The number of hydrogen-bond acceptors (Lipinski definition) is 5. The van der Waals surface area contributed by atoms with E-state index in [0.717, 1.165) is 23.9 Å². The van der Waals surface area contributed by atoms with Gasteiger partial charge in [-0.25, -0.2) is 4.98 Å². The van der Waals surface area contributed by atoms with Crippen LogP contribution in [0.15, 0.2) is 5.38 Å². The van der Waals surface area contributed by atoms with Gasteiger partial charge in [-0.15, -0.1) is 11.3 Å². The molecule has 1 aromatic heterocycles. The smallest absolute Gasteiger partial charge is 0.185 e. The van der Waals surface area contributed by atoms with E-state index in [2.05, 4.69) is 47.7 Å². The number of aromatic nitrogens is 1. The largest absolute Gasteiger partial charge is 0.351 e. The Balaban J connectivity index is 2.38. The second-order valence-electron chi connectivity index (χ2n) is 4.42. The van der Waals surface area contributed by atoms with Crippen molar-refractivity contribution in [3.63, 3.8) is 0 Å². The molecule has 0 aliphatic heterocycles. The van der Waals surface area contributed by atoms with E-state index < -0.39 is 0 Å². The molecule has 0 radical (unpaired) electrons. The highest BCUT2D eigenvalue weighted by Crippen LogP contribution is 2.19. The second kappa shape index (κ2) is 7.95. The van der Waals surface area contributed by atoms with Gasteiger partial charge in [0.25, 0.3) is 0 Å². The second-order valence-corrected chi connectivity index (χ2v) is 6.25. The summed E-state index contributed by atoms with van der Waals surface area (Å²) in [5, 5.41) is 6.67. The van der Waals surface area contributed by atoms with Crippen molar-refractivity contribution in [2.75, 3.05) is 30.5 Å². The van der Waals surface area contributed by atoms with E-state index in [4.69, 9.17) is 0 Å². The van der Waals surface area contributed by atoms with Gasteiger partial charge in [-0.2, -0.15) is 11.8 Å². The molecule has 98 valence electrons. The standard InChI is InChI=1S/C12H23N3S2/c1-10(2)13-8-11-9-17-12(14-11)15(3)6-5-7-16-4/h9-10,13H,5-8H2,1-4H3. The molecule has 0 aromatic carbocycles. The molecule has 5 heteroatoms. The minimum atomic E-state index is 0.513. The molecule has 1 rings (SSSR count). The lowest BCUT2D eigenvalue weighted by molar-refractivity contribution is 0.583. The zero-order valence-corrected chi connectivity index (χ0v) is 12.8. The van der Waals surface area contributed by atoms with Crippen molar-refractivity contribution < 1.29 is 0 Å². The Hall–Kier alpha value is -0.260. The summed E-state index contributed by atoms with van der Waals surface area (Å²) in [6, 6.07) is 0.513. The lowest BCUT2D eigenvalue weighted by Crippen LogP contribution is -2.22. The van der Waals surface area contributed by atoms with Gasteiger partial charge in [0.05, 0.1) is 5.69 Å². The molecule has 0 aliphatic rings. The lowest BCUT2D eigenvalue weighted by Gasteiger charge is -2.14. The summed E-state index contributed by atoms with van der Waals surface area (Å²) in [5.74, 6) is 1.22. The first-order valence-electron chi connectivity index (χ1n) is 6.01. The Morgan fingerprint density at radius 2 is 2.29 bits per heavy atom. The van der Waals surface area contributed by atoms with Crippen LogP contribution in [-0.4, -0.2) is 36.6 Å². The molecule has 0 atom stereocenters. The molecule has 0 saturated carbocycles. The molecule has 1 aromatic rings. The van der Waals surface area contributed by atoms with Gasteiger partial charge >= 0.3 is 0 Å². The highest BCUT2D eigenvalue weighted by atomic mass is 32.2. The molecule has 3 nitrogen and oxygen atoms in total. The molecule has 0 spiro atoms. The van der Waals surface area contributed by atoms with E-state index >= 15 is 0 Å². The SMILES string of the molecule is CSCCCN(C)c1nc(CNC(C)C)cs1. The Kier molecular flexibility index (Phi) is 6.92. The van der Waals surface area contributed by atoms with Crippen LogP contribution in [0.1, 0.15) is 26.0 Å². The van der Waals surface area contributed by atoms with Crippen LogP contribution in [0.2, 0.25) is 0 Å². The first-order chi connectivity index (χ1) is 8.13. The number of rotatable bonds is 8. The van der Waals surface area contributed by atoms with Crippen LogP contribution in [0.5, 0.6) is 0 Å². The minimum Gasteiger partial charge on any atom is -0.351 e. The molecular weight excluding hydrogens is 250 g/mol. The van der Waals surface area contributed by atoms with Crippen molar-refractivity contribution >= 4 is 28.2 Å². The third-order valence-corrected chi connectivity index (χ3v) is 4.10. The predicted octanol–water partition coefficient (Wildman–Crippen LogP) is 2.83. The summed E-state index contributed by atoms with van der Waals surface area (Å²) in [5.41, 5.74) is 1.15. The van der Waals surface area contributed by atoms with Gasteiger partial charge in [-0.1, -0.05) is 13.8 Å². The van der Waals surface area contributed by atoms with Crippen molar-refractivity contribution in [3.8, 4) is 0 Å². The van der Waals surface area contributed by atoms with Gasteiger partial charge in [0, 0.05) is 31.6 Å². The van der Waals surface area contributed by atoms with Crippen molar-refractivity contribution in [1.29, 1.82) is 0 Å². The molecule has 0 fully saturated rings. The first-order valence-corrected chi connectivity index (χ1v) is 8.28. The third kappa shape index (κ3) is 5.75. The maximum absolute atomic E-state index is 4.64. The van der Waals surface area contributed by atoms with Crippen molar-refractivity contribution in [3.05, 3.63) is 11.1 Å². The maximum atomic E-state index is 4.64. The van der Waals surface area contributed by atoms with Crippen molar-refractivity contribution in [2.45, 2.75) is 32.9 Å². The highest BCUT2D eigenvalue weighted by molar-refractivity contribution is 7.98. The van der Waals surface area contributed by atoms with Crippen LogP contribution in [0, 0.1) is 0 Å². The van der Waals surface area contributed by atoms with E-state index in [9.17, 15) is 0 Å². The molecule has 0 bridgehead atoms. The zero-order chi connectivity index (χ0) is 12.7. The average molecular weight is 273 g/mol. The molecule has 17 heavy (non-hydrogen) atoms. The molecular formula is C12H23N3S2. The van der Waals surface area contributed by atoms with E-state index in [1.807, 2.05) is 11.8 Å². The molecule has 1 heterocycles.